The van der Waals surface area contributed by atoms with Crippen molar-refractivity contribution in [2.75, 3.05) is 5.32 Å². The Hall–Kier alpha value is -1.55. The summed E-state index contributed by atoms with van der Waals surface area (Å²) in [6, 6.07) is 6.21. The van der Waals surface area contributed by atoms with Gasteiger partial charge in [0.25, 0.3) is 0 Å². The van der Waals surface area contributed by atoms with E-state index in [1.807, 2.05) is 17.0 Å². The molecule has 2 heterocycles. The fourth-order valence-electron chi connectivity index (χ4n) is 4.29. The van der Waals surface area contributed by atoms with E-state index in [-0.39, 0.29) is 17.7 Å². The molecule has 4 fully saturated rings. The zero-order chi connectivity index (χ0) is 16.1. The summed E-state index contributed by atoms with van der Waals surface area (Å²) in [5.74, 6) is 0.861. The Morgan fingerprint density at radius 1 is 1.26 bits per heavy atom. The molecule has 2 unspecified atom stereocenters. The number of ketones is 1. The van der Waals surface area contributed by atoms with Gasteiger partial charge in [0.05, 0.1) is 0 Å². The van der Waals surface area contributed by atoms with Crippen LogP contribution in [-0.4, -0.2) is 28.8 Å². The lowest BCUT2D eigenvalue weighted by atomic mass is 9.74. The predicted octanol–water partition coefficient (Wildman–Crippen LogP) is 4.19. The van der Waals surface area contributed by atoms with E-state index in [1.165, 1.54) is 0 Å². The van der Waals surface area contributed by atoms with Crippen LogP contribution in [-0.2, 0) is 4.79 Å². The normalized spacial score (nSPS) is 32.1. The highest BCUT2D eigenvalue weighted by atomic mass is 35.5. The Kier molecular flexibility index (Phi) is 3.60. The number of rotatable bonds is 2. The molecule has 2 aliphatic carbocycles. The third-order valence-electron chi connectivity index (χ3n) is 5.61. The van der Waals surface area contributed by atoms with Crippen molar-refractivity contribution in [1.29, 1.82) is 0 Å². The maximum Gasteiger partial charge on any atom is 0.322 e. The first-order valence-electron chi connectivity index (χ1n) is 8.44. The van der Waals surface area contributed by atoms with Gasteiger partial charge in [0.2, 0.25) is 0 Å². The van der Waals surface area contributed by atoms with Crippen molar-refractivity contribution in [3.8, 4) is 0 Å². The highest BCUT2D eigenvalue weighted by Gasteiger charge is 2.46. The van der Waals surface area contributed by atoms with E-state index in [1.54, 1.807) is 6.07 Å². The van der Waals surface area contributed by atoms with Gasteiger partial charge in [-0.25, -0.2) is 4.79 Å². The summed E-state index contributed by atoms with van der Waals surface area (Å²) in [5, 5.41) is 3.60. The minimum absolute atomic E-state index is 0.0219. The Morgan fingerprint density at radius 3 is 2.61 bits per heavy atom. The number of benzene rings is 1. The van der Waals surface area contributed by atoms with Crippen molar-refractivity contribution >= 4 is 29.1 Å². The minimum Gasteiger partial charge on any atom is -0.318 e. The van der Waals surface area contributed by atoms with Crippen LogP contribution in [0, 0.1) is 5.92 Å². The number of nitrogens with zero attached hydrogens (tertiary/aromatic N) is 1. The molecule has 2 saturated carbocycles. The molecule has 2 amide bonds. The van der Waals surface area contributed by atoms with Gasteiger partial charge in [-0.2, -0.15) is 0 Å². The molecule has 2 aliphatic heterocycles. The fraction of sp³-hybridized carbons (Fsp3) is 0.556. The third-order valence-corrected chi connectivity index (χ3v) is 5.95. The average Bonchev–Trinajstić information content (AvgIpc) is 2.48. The lowest BCUT2D eigenvalue weighted by molar-refractivity contribution is -0.125. The molecule has 5 heteroatoms. The minimum atomic E-state index is -0.0939. The van der Waals surface area contributed by atoms with Gasteiger partial charge in [-0.1, -0.05) is 18.5 Å². The van der Waals surface area contributed by atoms with Crippen molar-refractivity contribution in [1.82, 2.24) is 4.90 Å². The summed E-state index contributed by atoms with van der Waals surface area (Å²) < 4.78 is 0. The second kappa shape index (κ2) is 5.52. The number of anilines is 1. The van der Waals surface area contributed by atoms with Crippen molar-refractivity contribution in [2.24, 2.45) is 5.92 Å². The number of piperidine rings is 1. The van der Waals surface area contributed by atoms with E-state index < -0.39 is 0 Å². The van der Waals surface area contributed by atoms with E-state index in [4.69, 9.17) is 11.6 Å². The van der Waals surface area contributed by atoms with Crippen LogP contribution in [0.25, 0.3) is 0 Å². The summed E-state index contributed by atoms with van der Waals surface area (Å²) in [4.78, 5) is 26.2. The summed E-state index contributed by atoms with van der Waals surface area (Å²) in [6.45, 7) is 2.26. The highest BCUT2D eigenvalue weighted by Crippen LogP contribution is 2.42. The standard InChI is InChI=1S/C18H21ClN2O2/c1-10-6-12-9-13(7-10)21(12)18(23)20-11-2-4-16(19)15(8-11)14-3-5-17(14)22/h2,4,8,10,12-14H,3,5-7,9H2,1H3,(H,20,23)/t10?,12?,13?,14-/m0/s1. The van der Waals surface area contributed by atoms with E-state index in [0.717, 1.165) is 42.9 Å². The lowest BCUT2D eigenvalue weighted by Gasteiger charge is -2.54. The van der Waals surface area contributed by atoms with Crippen LogP contribution < -0.4 is 5.32 Å². The summed E-state index contributed by atoms with van der Waals surface area (Å²) in [7, 11) is 0. The van der Waals surface area contributed by atoms with Crippen LogP contribution in [0.5, 0.6) is 0 Å². The van der Waals surface area contributed by atoms with Gasteiger partial charge in [-0.15, -0.1) is 0 Å². The van der Waals surface area contributed by atoms with E-state index in [2.05, 4.69) is 12.2 Å². The molecule has 4 nitrogen and oxygen atoms in total. The van der Waals surface area contributed by atoms with Crippen molar-refractivity contribution in [3.63, 3.8) is 0 Å². The zero-order valence-corrected chi connectivity index (χ0v) is 14.0. The van der Waals surface area contributed by atoms with Crippen molar-refractivity contribution in [2.45, 2.75) is 57.0 Å². The van der Waals surface area contributed by atoms with Crippen LogP contribution in [0.15, 0.2) is 18.2 Å². The first-order chi connectivity index (χ1) is 11.0. The summed E-state index contributed by atoms with van der Waals surface area (Å²) in [5.41, 5.74) is 1.57. The molecular formula is C18H21ClN2O2. The number of fused-ring (bicyclic) bond motifs is 2. The molecule has 1 aromatic carbocycles. The van der Waals surface area contributed by atoms with Gasteiger partial charge in [-0.05, 0) is 55.4 Å². The van der Waals surface area contributed by atoms with Gasteiger partial charge >= 0.3 is 6.03 Å². The second-order valence-electron chi connectivity index (χ2n) is 7.25. The SMILES string of the molecule is CC1CC2CC(C1)N2C(=O)Nc1ccc(Cl)c([C@@H]2CCC2=O)c1. The molecule has 23 heavy (non-hydrogen) atoms. The number of amides is 2. The molecule has 1 N–H and O–H groups in total. The number of hydrogen-bond donors (Lipinski definition) is 1. The number of urea groups is 1. The fourth-order valence-corrected chi connectivity index (χ4v) is 4.54. The van der Waals surface area contributed by atoms with Gasteiger partial charge in [-0.3, -0.25) is 4.79 Å². The molecule has 2 saturated heterocycles. The largest absolute Gasteiger partial charge is 0.322 e. The number of carbonyl (C=O) groups excluding carboxylic acids is 2. The molecule has 0 aromatic heterocycles. The molecule has 0 spiro atoms. The second-order valence-corrected chi connectivity index (χ2v) is 7.66. The summed E-state index contributed by atoms with van der Waals surface area (Å²) >= 11 is 6.23. The zero-order valence-electron chi connectivity index (χ0n) is 13.2. The first kappa shape index (κ1) is 15.0. The number of hydrogen-bond acceptors (Lipinski definition) is 2. The molecule has 4 aliphatic rings. The van der Waals surface area contributed by atoms with Gasteiger partial charge in [0.15, 0.2) is 0 Å². The van der Waals surface area contributed by atoms with Gasteiger partial charge in [0.1, 0.15) is 5.78 Å². The summed E-state index contributed by atoms with van der Waals surface area (Å²) in [6.07, 6.45) is 4.83. The monoisotopic (exact) mass is 332 g/mol. The van der Waals surface area contributed by atoms with E-state index in [0.29, 0.717) is 23.5 Å². The highest BCUT2D eigenvalue weighted by molar-refractivity contribution is 6.31. The number of halogens is 1. The maximum atomic E-state index is 12.5. The molecule has 3 atom stereocenters. The Labute approximate surface area is 141 Å². The van der Waals surface area contributed by atoms with Crippen LogP contribution >= 0.6 is 11.6 Å². The maximum absolute atomic E-state index is 12.5. The first-order valence-corrected chi connectivity index (χ1v) is 8.82. The van der Waals surface area contributed by atoms with E-state index >= 15 is 0 Å². The predicted molar refractivity (Wildman–Crippen MR) is 89.9 cm³/mol. The van der Waals surface area contributed by atoms with Crippen LogP contribution in [0.2, 0.25) is 5.02 Å². The topological polar surface area (TPSA) is 49.4 Å². The smallest absolute Gasteiger partial charge is 0.318 e. The van der Waals surface area contributed by atoms with E-state index in [9.17, 15) is 9.59 Å². The number of carbonyl (C=O) groups is 2. The number of nitrogens with one attached hydrogen (secondary N) is 1. The molecule has 5 rings (SSSR count). The molecule has 2 bridgehead atoms. The van der Waals surface area contributed by atoms with Gasteiger partial charge in [0, 0.05) is 35.1 Å². The molecule has 122 valence electrons. The van der Waals surface area contributed by atoms with Crippen LogP contribution in [0.3, 0.4) is 0 Å². The molecule has 1 aromatic rings. The lowest BCUT2D eigenvalue weighted by Crippen LogP contribution is -2.63. The number of Topliss-reactive ketones (excluding diaryl/α,β-unsaturated/α-hetero) is 1. The molecule has 0 radical (unpaired) electrons. The van der Waals surface area contributed by atoms with Crippen LogP contribution in [0.1, 0.15) is 50.5 Å². The van der Waals surface area contributed by atoms with Crippen molar-refractivity contribution in [3.05, 3.63) is 28.8 Å². The van der Waals surface area contributed by atoms with Gasteiger partial charge < -0.3 is 10.2 Å². The Morgan fingerprint density at radius 2 is 2.00 bits per heavy atom. The molecular weight excluding hydrogens is 312 g/mol. The van der Waals surface area contributed by atoms with Crippen molar-refractivity contribution < 1.29 is 9.59 Å². The third kappa shape index (κ3) is 2.53. The Bertz CT molecular complexity index is 663. The Balaban J connectivity index is 1.48. The van der Waals surface area contributed by atoms with Crippen LogP contribution in [0.4, 0.5) is 10.5 Å². The quantitative estimate of drug-likeness (QED) is 0.882. The average molecular weight is 333 g/mol.